The summed E-state index contributed by atoms with van der Waals surface area (Å²) in [6, 6.07) is 0.0500. The van der Waals surface area contributed by atoms with Gasteiger partial charge in [0, 0.05) is 29.2 Å². The fourth-order valence-electron chi connectivity index (χ4n) is 4.04. The molecule has 128 valence electrons. The lowest BCUT2D eigenvalue weighted by atomic mass is 9.77. The van der Waals surface area contributed by atoms with Gasteiger partial charge < -0.3 is 15.5 Å². The number of hydrogen-bond donors (Lipinski definition) is 1. The molecule has 0 radical (unpaired) electrons. The van der Waals surface area contributed by atoms with Gasteiger partial charge in [-0.15, -0.1) is 0 Å². The maximum absolute atomic E-state index is 13.0. The minimum atomic E-state index is -0.425. The Bertz CT molecular complexity index is 431. The molecule has 0 atom stereocenters. The van der Waals surface area contributed by atoms with Crippen LogP contribution >= 0.6 is 0 Å². The van der Waals surface area contributed by atoms with E-state index in [4.69, 9.17) is 5.73 Å². The van der Waals surface area contributed by atoms with Gasteiger partial charge in [-0.3, -0.25) is 9.59 Å². The molecule has 0 saturated carbocycles. The van der Waals surface area contributed by atoms with Crippen LogP contribution in [0.15, 0.2) is 0 Å². The molecular formula is C17H33N3O2. The van der Waals surface area contributed by atoms with Gasteiger partial charge in [-0.25, -0.2) is 0 Å². The number of rotatable bonds is 1. The van der Waals surface area contributed by atoms with Crippen molar-refractivity contribution in [2.75, 3.05) is 6.54 Å². The summed E-state index contributed by atoms with van der Waals surface area (Å²) in [5, 5.41) is 0. The van der Waals surface area contributed by atoms with Crippen molar-refractivity contribution in [3.63, 3.8) is 0 Å². The van der Waals surface area contributed by atoms with Crippen LogP contribution < -0.4 is 5.73 Å². The van der Waals surface area contributed by atoms with Crippen molar-refractivity contribution >= 4 is 11.8 Å². The van der Waals surface area contributed by atoms with Gasteiger partial charge in [0.25, 0.3) is 0 Å². The molecule has 1 saturated heterocycles. The van der Waals surface area contributed by atoms with Gasteiger partial charge in [-0.2, -0.15) is 0 Å². The number of likely N-dealkylation sites (tertiary alicyclic amines) is 1. The Morgan fingerprint density at radius 2 is 1.55 bits per heavy atom. The number of likely N-dealkylation sites (N-methyl/N-ethyl adjacent to an activating group) is 1. The summed E-state index contributed by atoms with van der Waals surface area (Å²) in [6.45, 7) is 16.2. The van der Waals surface area contributed by atoms with Crippen LogP contribution in [0.1, 0.15) is 68.2 Å². The van der Waals surface area contributed by atoms with E-state index >= 15 is 0 Å². The van der Waals surface area contributed by atoms with Crippen molar-refractivity contribution < 1.29 is 9.59 Å². The van der Waals surface area contributed by atoms with E-state index < -0.39 is 22.9 Å². The molecule has 0 aromatic carbocycles. The Morgan fingerprint density at radius 1 is 1.14 bits per heavy atom. The maximum Gasteiger partial charge on any atom is 0.313 e. The van der Waals surface area contributed by atoms with Crippen molar-refractivity contribution in [1.29, 1.82) is 0 Å². The van der Waals surface area contributed by atoms with Crippen LogP contribution in [0.25, 0.3) is 0 Å². The van der Waals surface area contributed by atoms with Crippen molar-refractivity contribution in [2.45, 2.75) is 90.9 Å². The van der Waals surface area contributed by atoms with E-state index in [0.717, 1.165) is 0 Å². The Hall–Kier alpha value is -1.10. The molecule has 5 heteroatoms. The first-order valence-corrected chi connectivity index (χ1v) is 8.16. The van der Waals surface area contributed by atoms with Crippen molar-refractivity contribution in [2.24, 2.45) is 5.73 Å². The fraction of sp³-hybridized carbons (Fsp3) is 0.882. The third kappa shape index (κ3) is 3.62. The molecule has 2 amide bonds. The van der Waals surface area contributed by atoms with E-state index in [-0.39, 0.29) is 11.6 Å². The van der Waals surface area contributed by atoms with Gasteiger partial charge in [-0.1, -0.05) is 0 Å². The fourth-order valence-corrected chi connectivity index (χ4v) is 4.04. The first-order chi connectivity index (χ1) is 9.74. The van der Waals surface area contributed by atoms with Gasteiger partial charge in [0.05, 0.1) is 0 Å². The van der Waals surface area contributed by atoms with E-state index in [2.05, 4.69) is 0 Å². The van der Waals surface area contributed by atoms with Crippen LogP contribution in [0.4, 0.5) is 0 Å². The monoisotopic (exact) mass is 311 g/mol. The van der Waals surface area contributed by atoms with Crippen LogP contribution in [-0.4, -0.2) is 50.8 Å². The Labute approximate surface area is 135 Å². The van der Waals surface area contributed by atoms with E-state index in [1.807, 2.05) is 55.4 Å². The number of hydrogen-bond acceptors (Lipinski definition) is 3. The molecule has 1 heterocycles. The first-order valence-electron chi connectivity index (χ1n) is 8.16. The van der Waals surface area contributed by atoms with Gasteiger partial charge in [0.15, 0.2) is 0 Å². The van der Waals surface area contributed by atoms with E-state index in [1.54, 1.807) is 9.80 Å². The topological polar surface area (TPSA) is 66.6 Å². The molecule has 0 aromatic heterocycles. The van der Waals surface area contributed by atoms with E-state index in [1.165, 1.54) is 0 Å². The number of piperidine rings is 1. The Balaban J connectivity index is 3.16. The number of nitrogens with zero attached hydrogens (tertiary/aromatic N) is 2. The number of carbonyl (C=O) groups is 2. The van der Waals surface area contributed by atoms with E-state index in [0.29, 0.717) is 19.4 Å². The highest BCUT2D eigenvalue weighted by Gasteiger charge is 2.49. The molecule has 0 unspecified atom stereocenters. The average Bonchev–Trinajstić information content (AvgIpc) is 2.22. The summed E-state index contributed by atoms with van der Waals surface area (Å²) in [5.41, 5.74) is 4.92. The van der Waals surface area contributed by atoms with Crippen LogP contribution in [0.2, 0.25) is 0 Å². The maximum atomic E-state index is 13.0. The zero-order chi connectivity index (χ0) is 17.5. The normalized spacial score (nSPS) is 21.6. The Morgan fingerprint density at radius 3 is 1.86 bits per heavy atom. The SMILES string of the molecule is CCN(C(=O)C(=O)N1C(C)(C)CC(N)CC1(C)C)C(C)(C)C. The second-order valence-corrected chi connectivity index (χ2v) is 8.65. The lowest BCUT2D eigenvalue weighted by molar-refractivity contribution is -0.166. The molecule has 5 nitrogen and oxygen atoms in total. The van der Waals surface area contributed by atoms with Crippen molar-refractivity contribution in [1.82, 2.24) is 9.80 Å². The van der Waals surface area contributed by atoms with Gasteiger partial charge in [-0.05, 0) is 68.2 Å². The molecule has 0 spiro atoms. The predicted molar refractivity (Wildman–Crippen MR) is 89.4 cm³/mol. The standard InChI is InChI=1S/C17H33N3O2/c1-9-19(15(2,3)4)13(21)14(22)20-16(5,6)10-12(18)11-17(20,7)8/h12H,9-11,18H2,1-8H3. The molecule has 1 aliphatic rings. The molecule has 1 aliphatic heterocycles. The molecule has 1 rings (SSSR count). The smallest absolute Gasteiger partial charge is 0.313 e. The largest absolute Gasteiger partial charge is 0.330 e. The van der Waals surface area contributed by atoms with Crippen LogP contribution in [0.3, 0.4) is 0 Å². The molecule has 0 bridgehead atoms. The minimum Gasteiger partial charge on any atom is -0.330 e. The van der Waals surface area contributed by atoms with Gasteiger partial charge in [0.1, 0.15) is 0 Å². The zero-order valence-corrected chi connectivity index (χ0v) is 15.5. The molecule has 2 N–H and O–H groups in total. The number of amides is 2. The van der Waals surface area contributed by atoms with Crippen molar-refractivity contribution in [3.8, 4) is 0 Å². The molecule has 22 heavy (non-hydrogen) atoms. The lowest BCUT2D eigenvalue weighted by Crippen LogP contribution is -2.68. The Kier molecular flexibility index (Phi) is 5.03. The van der Waals surface area contributed by atoms with Crippen molar-refractivity contribution in [3.05, 3.63) is 0 Å². The average molecular weight is 311 g/mol. The summed E-state index contributed by atoms with van der Waals surface area (Å²) < 4.78 is 0. The summed E-state index contributed by atoms with van der Waals surface area (Å²) in [4.78, 5) is 29.1. The lowest BCUT2D eigenvalue weighted by Gasteiger charge is -2.54. The highest BCUT2D eigenvalue weighted by atomic mass is 16.2. The summed E-state index contributed by atoms with van der Waals surface area (Å²) >= 11 is 0. The van der Waals surface area contributed by atoms with Gasteiger partial charge >= 0.3 is 11.8 Å². The molecular weight excluding hydrogens is 278 g/mol. The summed E-state index contributed by atoms with van der Waals surface area (Å²) in [5.74, 6) is -0.842. The predicted octanol–water partition coefficient (Wildman–Crippen LogP) is 2.14. The summed E-state index contributed by atoms with van der Waals surface area (Å²) in [6.07, 6.45) is 1.41. The zero-order valence-electron chi connectivity index (χ0n) is 15.5. The highest BCUT2D eigenvalue weighted by molar-refractivity contribution is 6.35. The second-order valence-electron chi connectivity index (χ2n) is 8.65. The number of carbonyl (C=O) groups excluding carboxylic acids is 2. The van der Waals surface area contributed by atoms with Crippen LogP contribution in [-0.2, 0) is 9.59 Å². The summed E-state index contributed by atoms with van der Waals surface area (Å²) in [7, 11) is 0. The van der Waals surface area contributed by atoms with Gasteiger partial charge in [0.2, 0.25) is 0 Å². The third-order valence-corrected chi connectivity index (χ3v) is 4.49. The van der Waals surface area contributed by atoms with Crippen LogP contribution in [0.5, 0.6) is 0 Å². The minimum absolute atomic E-state index is 0.0500. The number of nitrogens with two attached hydrogens (primary N) is 1. The van der Waals surface area contributed by atoms with Crippen LogP contribution in [0, 0.1) is 0 Å². The molecule has 1 fully saturated rings. The van der Waals surface area contributed by atoms with E-state index in [9.17, 15) is 9.59 Å². The second kappa shape index (κ2) is 5.84. The molecule has 0 aromatic rings. The quantitative estimate of drug-likeness (QED) is 0.755. The molecule has 0 aliphatic carbocycles. The highest BCUT2D eigenvalue weighted by Crippen LogP contribution is 2.38. The third-order valence-electron chi connectivity index (χ3n) is 4.49. The first kappa shape index (κ1) is 18.9.